The lowest BCUT2D eigenvalue weighted by atomic mass is 10.2. The van der Waals surface area contributed by atoms with Crippen molar-refractivity contribution in [1.82, 2.24) is 4.31 Å². The van der Waals surface area contributed by atoms with E-state index in [1.807, 2.05) is 13.0 Å². The van der Waals surface area contributed by atoms with Gasteiger partial charge in [0.1, 0.15) is 0 Å². The van der Waals surface area contributed by atoms with Crippen LogP contribution in [-0.4, -0.2) is 38.0 Å². The number of nitrogens with zero attached hydrogens (tertiary/aromatic N) is 2. The number of nitriles is 1. The van der Waals surface area contributed by atoms with Crippen molar-refractivity contribution in [2.24, 2.45) is 0 Å². The van der Waals surface area contributed by atoms with Crippen LogP contribution >= 0.6 is 0 Å². The standard InChI is InChI=1S/C15H21N3O3S/c1-3-4-5-9-18(22(2,20)21)12-15(19)17-14-8-6-7-13(10-14)11-16/h6-8,10H,3-5,9,12H2,1-2H3,(H,17,19). The summed E-state index contributed by atoms with van der Waals surface area (Å²) in [6, 6.07) is 8.46. The van der Waals surface area contributed by atoms with Crippen LogP contribution in [0.25, 0.3) is 0 Å². The van der Waals surface area contributed by atoms with Crippen molar-refractivity contribution >= 4 is 21.6 Å². The van der Waals surface area contributed by atoms with Gasteiger partial charge in [0.25, 0.3) is 0 Å². The summed E-state index contributed by atoms with van der Waals surface area (Å²) in [5.41, 5.74) is 0.909. The predicted octanol–water partition coefficient (Wildman–Crippen LogP) is 1.95. The van der Waals surface area contributed by atoms with Crippen LogP contribution in [-0.2, 0) is 14.8 Å². The second kappa shape index (κ2) is 8.51. The lowest BCUT2D eigenvalue weighted by Gasteiger charge is -2.19. The van der Waals surface area contributed by atoms with Crippen molar-refractivity contribution in [2.75, 3.05) is 24.7 Å². The average molecular weight is 323 g/mol. The number of amides is 1. The molecule has 0 aliphatic carbocycles. The lowest BCUT2D eigenvalue weighted by Crippen LogP contribution is -2.38. The summed E-state index contributed by atoms with van der Waals surface area (Å²) in [4.78, 5) is 12.0. The molecule has 0 atom stereocenters. The molecule has 1 aromatic rings. The van der Waals surface area contributed by atoms with Crippen LogP contribution in [0.2, 0.25) is 0 Å². The predicted molar refractivity (Wildman–Crippen MR) is 85.7 cm³/mol. The fourth-order valence-electron chi connectivity index (χ4n) is 1.93. The summed E-state index contributed by atoms with van der Waals surface area (Å²) in [6.07, 6.45) is 3.71. The zero-order valence-electron chi connectivity index (χ0n) is 12.9. The molecule has 6 nitrogen and oxygen atoms in total. The Morgan fingerprint density at radius 3 is 2.68 bits per heavy atom. The summed E-state index contributed by atoms with van der Waals surface area (Å²) >= 11 is 0. The molecule has 1 N–H and O–H groups in total. The molecule has 1 aromatic carbocycles. The number of unbranched alkanes of at least 4 members (excludes halogenated alkanes) is 2. The van der Waals surface area contributed by atoms with E-state index in [1.54, 1.807) is 24.3 Å². The first-order valence-electron chi connectivity index (χ1n) is 7.12. The van der Waals surface area contributed by atoms with Gasteiger partial charge in [-0.2, -0.15) is 9.57 Å². The van der Waals surface area contributed by atoms with Gasteiger partial charge in [-0.3, -0.25) is 4.79 Å². The minimum atomic E-state index is -3.43. The highest BCUT2D eigenvalue weighted by Gasteiger charge is 2.19. The Morgan fingerprint density at radius 1 is 1.36 bits per heavy atom. The molecule has 7 heteroatoms. The Bertz CT molecular complexity index is 650. The quantitative estimate of drug-likeness (QED) is 0.740. The molecule has 0 aliphatic rings. The van der Waals surface area contributed by atoms with Gasteiger partial charge < -0.3 is 5.32 Å². The fourth-order valence-corrected chi connectivity index (χ4v) is 2.74. The van der Waals surface area contributed by atoms with Gasteiger partial charge in [0.05, 0.1) is 24.4 Å². The van der Waals surface area contributed by atoms with Crippen molar-refractivity contribution in [3.8, 4) is 6.07 Å². The van der Waals surface area contributed by atoms with Gasteiger partial charge in [-0.15, -0.1) is 0 Å². The molecule has 0 saturated carbocycles. The van der Waals surface area contributed by atoms with Crippen molar-refractivity contribution in [1.29, 1.82) is 5.26 Å². The third-order valence-electron chi connectivity index (χ3n) is 3.08. The van der Waals surface area contributed by atoms with Crippen LogP contribution in [0.4, 0.5) is 5.69 Å². The zero-order chi connectivity index (χ0) is 16.6. The molecular weight excluding hydrogens is 302 g/mol. The SMILES string of the molecule is CCCCCN(CC(=O)Nc1cccc(C#N)c1)S(C)(=O)=O. The van der Waals surface area contributed by atoms with Crippen LogP contribution in [0.15, 0.2) is 24.3 Å². The molecule has 0 heterocycles. The number of hydrogen-bond acceptors (Lipinski definition) is 4. The molecule has 0 aliphatic heterocycles. The monoisotopic (exact) mass is 323 g/mol. The van der Waals surface area contributed by atoms with Crippen molar-refractivity contribution in [2.45, 2.75) is 26.2 Å². The molecule has 0 saturated heterocycles. The normalized spacial score (nSPS) is 11.2. The van der Waals surface area contributed by atoms with Gasteiger partial charge in [0, 0.05) is 12.2 Å². The molecule has 0 unspecified atom stereocenters. The maximum Gasteiger partial charge on any atom is 0.239 e. The number of anilines is 1. The highest BCUT2D eigenvalue weighted by atomic mass is 32.2. The number of carbonyl (C=O) groups is 1. The molecule has 0 bridgehead atoms. The Balaban J connectivity index is 2.68. The van der Waals surface area contributed by atoms with Crippen LogP contribution in [0.3, 0.4) is 0 Å². The summed E-state index contributed by atoms with van der Waals surface area (Å²) < 4.78 is 24.6. The van der Waals surface area contributed by atoms with E-state index < -0.39 is 15.9 Å². The summed E-state index contributed by atoms with van der Waals surface area (Å²) in [5, 5.41) is 11.4. The Hall–Kier alpha value is -1.91. The third kappa shape index (κ3) is 6.24. The molecule has 1 rings (SSSR count). The Kier molecular flexibility index (Phi) is 7.02. The minimum absolute atomic E-state index is 0.223. The Morgan fingerprint density at radius 2 is 2.09 bits per heavy atom. The number of benzene rings is 1. The largest absolute Gasteiger partial charge is 0.325 e. The topological polar surface area (TPSA) is 90.3 Å². The van der Waals surface area contributed by atoms with E-state index in [0.717, 1.165) is 25.5 Å². The van der Waals surface area contributed by atoms with Crippen LogP contribution in [0, 0.1) is 11.3 Å². The number of nitrogens with one attached hydrogen (secondary N) is 1. The van der Waals surface area contributed by atoms with E-state index in [9.17, 15) is 13.2 Å². The lowest BCUT2D eigenvalue weighted by molar-refractivity contribution is -0.116. The molecule has 0 fully saturated rings. The molecule has 1 amide bonds. The van der Waals surface area contributed by atoms with Crippen LogP contribution in [0.1, 0.15) is 31.7 Å². The first kappa shape index (κ1) is 18.1. The van der Waals surface area contributed by atoms with Crippen molar-refractivity contribution < 1.29 is 13.2 Å². The van der Waals surface area contributed by atoms with E-state index >= 15 is 0 Å². The van der Waals surface area contributed by atoms with Crippen LogP contribution in [0.5, 0.6) is 0 Å². The van der Waals surface area contributed by atoms with E-state index in [1.165, 1.54) is 4.31 Å². The smallest absolute Gasteiger partial charge is 0.239 e. The van der Waals surface area contributed by atoms with Gasteiger partial charge >= 0.3 is 0 Å². The third-order valence-corrected chi connectivity index (χ3v) is 4.33. The van der Waals surface area contributed by atoms with Gasteiger partial charge in [-0.25, -0.2) is 8.42 Å². The zero-order valence-corrected chi connectivity index (χ0v) is 13.7. The molecule has 0 aromatic heterocycles. The maximum atomic E-state index is 12.0. The molecule has 0 spiro atoms. The molecule has 0 radical (unpaired) electrons. The Labute approximate surface area is 131 Å². The second-order valence-electron chi connectivity index (χ2n) is 5.04. The second-order valence-corrected chi connectivity index (χ2v) is 7.03. The first-order chi connectivity index (χ1) is 10.4. The van der Waals surface area contributed by atoms with E-state index in [-0.39, 0.29) is 6.54 Å². The van der Waals surface area contributed by atoms with Gasteiger partial charge in [-0.1, -0.05) is 25.8 Å². The summed E-state index contributed by atoms with van der Waals surface area (Å²) in [6.45, 7) is 2.14. The van der Waals surface area contributed by atoms with Gasteiger partial charge in [0.15, 0.2) is 0 Å². The number of hydrogen-bond donors (Lipinski definition) is 1. The van der Waals surface area contributed by atoms with Gasteiger partial charge in [-0.05, 0) is 24.6 Å². The maximum absolute atomic E-state index is 12.0. The number of sulfonamides is 1. The van der Waals surface area contributed by atoms with Crippen molar-refractivity contribution in [3.63, 3.8) is 0 Å². The van der Waals surface area contributed by atoms with Crippen molar-refractivity contribution in [3.05, 3.63) is 29.8 Å². The molecular formula is C15H21N3O3S. The van der Waals surface area contributed by atoms with E-state index in [4.69, 9.17) is 5.26 Å². The highest BCUT2D eigenvalue weighted by molar-refractivity contribution is 7.88. The number of rotatable bonds is 8. The minimum Gasteiger partial charge on any atom is -0.325 e. The van der Waals surface area contributed by atoms with E-state index in [0.29, 0.717) is 17.8 Å². The highest BCUT2D eigenvalue weighted by Crippen LogP contribution is 2.10. The van der Waals surface area contributed by atoms with E-state index in [2.05, 4.69) is 5.32 Å². The summed E-state index contributed by atoms with van der Waals surface area (Å²) in [5.74, 6) is -0.419. The molecule has 22 heavy (non-hydrogen) atoms. The van der Waals surface area contributed by atoms with Gasteiger partial charge in [0.2, 0.25) is 15.9 Å². The fraction of sp³-hybridized carbons (Fsp3) is 0.467. The number of carbonyl (C=O) groups excluding carboxylic acids is 1. The summed E-state index contributed by atoms with van der Waals surface area (Å²) in [7, 11) is -3.43. The average Bonchev–Trinajstić information content (AvgIpc) is 2.45. The first-order valence-corrected chi connectivity index (χ1v) is 8.96. The van der Waals surface area contributed by atoms with Crippen LogP contribution < -0.4 is 5.32 Å². The molecule has 120 valence electrons.